The third-order valence-corrected chi connectivity index (χ3v) is 7.34. The summed E-state index contributed by atoms with van der Waals surface area (Å²) in [5.74, 6) is 0.988. The maximum absolute atomic E-state index is 13.5. The molecule has 0 unspecified atom stereocenters. The molecule has 3 aromatic carbocycles. The van der Waals surface area contributed by atoms with Crippen LogP contribution in [0.15, 0.2) is 59.4 Å². The number of carbonyl (C=O) groups excluding carboxylic acids is 2. The number of hydrogen-bond acceptors (Lipinski definition) is 7. The molecule has 3 N–H and O–H groups in total. The van der Waals surface area contributed by atoms with Gasteiger partial charge in [0.25, 0.3) is 0 Å². The van der Waals surface area contributed by atoms with Gasteiger partial charge in [0.05, 0.1) is 39.1 Å². The minimum Gasteiger partial charge on any atom is -0.493 e. The second-order valence-electron chi connectivity index (χ2n) is 10.1. The molecule has 1 aliphatic carbocycles. The molecule has 4 rings (SSSR count). The van der Waals surface area contributed by atoms with Crippen LogP contribution in [-0.2, 0) is 16.0 Å². The molecule has 0 aliphatic heterocycles. The summed E-state index contributed by atoms with van der Waals surface area (Å²) in [5, 5.41) is 9.08. The molecule has 9 nitrogen and oxygen atoms in total. The van der Waals surface area contributed by atoms with E-state index in [9.17, 15) is 14.4 Å². The highest BCUT2D eigenvalue weighted by Crippen LogP contribution is 2.50. The van der Waals surface area contributed by atoms with Crippen molar-refractivity contribution in [2.75, 3.05) is 26.6 Å². The molecule has 0 fully saturated rings. The number of fused-ring (bicyclic) bond motifs is 3. The van der Waals surface area contributed by atoms with Crippen molar-refractivity contribution in [3.63, 3.8) is 0 Å². The SMILES string of the molecule is COc1cc2c(c(OC)c1OC)-c1ccc(N[C@@H](C)C(=O)N[C@H](C)c3ccccc3)c(=O)cc1[C@@H](NC(C)=O)CC2. The number of carbonyl (C=O) groups is 2. The predicted octanol–water partition coefficient (Wildman–Crippen LogP) is 4.54. The lowest BCUT2D eigenvalue weighted by molar-refractivity contribution is -0.122. The summed E-state index contributed by atoms with van der Waals surface area (Å²) >= 11 is 0. The van der Waals surface area contributed by atoms with E-state index in [0.717, 1.165) is 16.7 Å². The van der Waals surface area contributed by atoms with E-state index < -0.39 is 12.1 Å². The minimum atomic E-state index is -0.687. The molecule has 0 saturated carbocycles. The number of ether oxygens (including phenoxy) is 3. The van der Waals surface area contributed by atoms with Crippen LogP contribution in [0.2, 0.25) is 0 Å². The van der Waals surface area contributed by atoms with Gasteiger partial charge in [0, 0.05) is 12.5 Å². The first-order valence-electron chi connectivity index (χ1n) is 13.6. The Morgan fingerprint density at radius 1 is 0.927 bits per heavy atom. The van der Waals surface area contributed by atoms with Gasteiger partial charge in [-0.1, -0.05) is 36.4 Å². The van der Waals surface area contributed by atoms with Gasteiger partial charge in [0.2, 0.25) is 23.0 Å². The Hall–Kier alpha value is -4.53. The van der Waals surface area contributed by atoms with Crippen molar-refractivity contribution >= 4 is 17.5 Å². The molecule has 0 spiro atoms. The third-order valence-electron chi connectivity index (χ3n) is 7.34. The molecule has 3 aromatic rings. The van der Waals surface area contributed by atoms with E-state index in [4.69, 9.17) is 14.2 Å². The van der Waals surface area contributed by atoms with Crippen LogP contribution in [0.25, 0.3) is 11.1 Å². The van der Waals surface area contributed by atoms with Crippen molar-refractivity contribution in [2.24, 2.45) is 0 Å². The van der Waals surface area contributed by atoms with Gasteiger partial charge in [-0.05, 0) is 67.1 Å². The highest BCUT2D eigenvalue weighted by Gasteiger charge is 2.29. The zero-order valence-corrected chi connectivity index (χ0v) is 24.3. The molecule has 2 amide bonds. The topological polar surface area (TPSA) is 115 Å². The van der Waals surface area contributed by atoms with Crippen LogP contribution < -0.4 is 35.6 Å². The van der Waals surface area contributed by atoms with E-state index in [1.807, 2.05) is 49.4 Å². The minimum absolute atomic E-state index is 0.197. The lowest BCUT2D eigenvalue weighted by Gasteiger charge is -2.19. The fraction of sp³-hybridized carbons (Fsp3) is 0.344. The Kier molecular flexibility index (Phi) is 9.17. The number of rotatable bonds is 9. The summed E-state index contributed by atoms with van der Waals surface area (Å²) in [6.07, 6.45) is 1.16. The average Bonchev–Trinajstić information content (AvgIpc) is 3.20. The zero-order valence-electron chi connectivity index (χ0n) is 24.3. The third kappa shape index (κ3) is 6.29. The second kappa shape index (κ2) is 12.8. The van der Waals surface area contributed by atoms with Gasteiger partial charge in [-0.3, -0.25) is 14.4 Å². The molecule has 41 heavy (non-hydrogen) atoms. The van der Waals surface area contributed by atoms with Crippen LogP contribution in [0, 0.1) is 0 Å². The van der Waals surface area contributed by atoms with E-state index >= 15 is 0 Å². The van der Waals surface area contributed by atoms with Crippen molar-refractivity contribution in [1.82, 2.24) is 10.6 Å². The summed E-state index contributed by atoms with van der Waals surface area (Å²) in [6.45, 7) is 5.07. The van der Waals surface area contributed by atoms with Gasteiger partial charge >= 0.3 is 0 Å². The maximum atomic E-state index is 13.5. The number of amides is 2. The summed E-state index contributed by atoms with van der Waals surface area (Å²) in [4.78, 5) is 38.7. The fourth-order valence-electron chi connectivity index (χ4n) is 5.29. The Labute approximate surface area is 240 Å². The fourth-order valence-corrected chi connectivity index (χ4v) is 5.29. The van der Waals surface area contributed by atoms with Crippen LogP contribution in [0.1, 0.15) is 56.0 Å². The number of benzene rings is 2. The predicted molar refractivity (Wildman–Crippen MR) is 159 cm³/mol. The lowest BCUT2D eigenvalue weighted by atomic mass is 9.95. The normalized spacial score (nSPS) is 15.2. The first-order valence-corrected chi connectivity index (χ1v) is 13.6. The number of aryl methyl sites for hydroxylation is 1. The quantitative estimate of drug-likeness (QED) is 0.353. The van der Waals surface area contributed by atoms with Gasteiger partial charge < -0.3 is 30.2 Å². The number of nitrogens with one attached hydrogen (secondary N) is 3. The highest BCUT2D eigenvalue weighted by atomic mass is 16.5. The van der Waals surface area contributed by atoms with Crippen LogP contribution in [0.5, 0.6) is 17.2 Å². The van der Waals surface area contributed by atoms with E-state index in [1.54, 1.807) is 34.3 Å². The van der Waals surface area contributed by atoms with Gasteiger partial charge in [-0.25, -0.2) is 0 Å². The molecular weight excluding hydrogens is 522 g/mol. The Bertz CT molecular complexity index is 1490. The zero-order chi connectivity index (χ0) is 29.7. The standard InChI is InChI=1S/C32H37N3O6/c1-18(21-10-8-7-9-11-21)34-32(38)19(2)33-26-15-13-23-24(17-27(26)37)25(35-20(3)36)14-12-22-16-28(39-4)30(40-5)31(41-6)29(22)23/h7-11,13,15-19,25H,12,14H2,1-6H3,(H,33,37)(H,34,38)(H,35,36)/t18-,19+,25+/m1/s1. The van der Waals surface area contributed by atoms with Crippen LogP contribution in [0.4, 0.5) is 5.69 Å². The average molecular weight is 560 g/mol. The second-order valence-corrected chi connectivity index (χ2v) is 10.1. The molecule has 0 radical (unpaired) electrons. The smallest absolute Gasteiger partial charge is 0.242 e. The monoisotopic (exact) mass is 559 g/mol. The van der Waals surface area contributed by atoms with Crippen molar-refractivity contribution in [3.05, 3.63) is 81.5 Å². The molecule has 0 heterocycles. The molecular formula is C32H37N3O6. The summed E-state index contributed by atoms with van der Waals surface area (Å²) < 4.78 is 17.0. The van der Waals surface area contributed by atoms with E-state index in [2.05, 4.69) is 16.0 Å². The molecule has 3 atom stereocenters. The summed E-state index contributed by atoms with van der Waals surface area (Å²) in [7, 11) is 4.66. The van der Waals surface area contributed by atoms with E-state index in [0.29, 0.717) is 41.2 Å². The Balaban J connectivity index is 1.77. The number of hydrogen-bond donors (Lipinski definition) is 3. The molecule has 216 valence electrons. The summed E-state index contributed by atoms with van der Waals surface area (Å²) in [6, 6.07) is 15.3. The van der Waals surface area contributed by atoms with Gasteiger partial charge in [-0.15, -0.1) is 0 Å². The number of methoxy groups -OCH3 is 3. The van der Waals surface area contributed by atoms with Crippen LogP contribution >= 0.6 is 0 Å². The van der Waals surface area contributed by atoms with Crippen LogP contribution in [-0.4, -0.2) is 39.2 Å². The van der Waals surface area contributed by atoms with Gasteiger partial charge in [0.1, 0.15) is 6.04 Å². The van der Waals surface area contributed by atoms with Crippen molar-refractivity contribution in [3.8, 4) is 28.4 Å². The number of anilines is 1. The lowest BCUT2D eigenvalue weighted by Crippen LogP contribution is -2.39. The summed E-state index contributed by atoms with van der Waals surface area (Å²) in [5.41, 5.74) is 4.00. The first-order chi connectivity index (χ1) is 19.7. The molecule has 9 heteroatoms. The maximum Gasteiger partial charge on any atom is 0.242 e. The van der Waals surface area contributed by atoms with E-state index in [-0.39, 0.29) is 29.0 Å². The molecule has 0 bridgehead atoms. The van der Waals surface area contributed by atoms with Crippen molar-refractivity contribution in [1.29, 1.82) is 0 Å². The van der Waals surface area contributed by atoms with E-state index in [1.165, 1.54) is 13.0 Å². The van der Waals surface area contributed by atoms with Crippen molar-refractivity contribution in [2.45, 2.75) is 51.7 Å². The Morgan fingerprint density at radius 2 is 1.63 bits per heavy atom. The largest absolute Gasteiger partial charge is 0.493 e. The van der Waals surface area contributed by atoms with Crippen LogP contribution in [0.3, 0.4) is 0 Å². The molecule has 1 aliphatic rings. The molecule has 0 aromatic heterocycles. The first kappa shape index (κ1) is 29.5. The van der Waals surface area contributed by atoms with Gasteiger partial charge in [0.15, 0.2) is 11.5 Å². The van der Waals surface area contributed by atoms with Crippen molar-refractivity contribution < 1.29 is 23.8 Å². The highest BCUT2D eigenvalue weighted by molar-refractivity contribution is 5.86. The Morgan fingerprint density at radius 3 is 2.27 bits per heavy atom. The van der Waals surface area contributed by atoms with Gasteiger partial charge in [-0.2, -0.15) is 0 Å². The molecule has 0 saturated heterocycles.